The fourth-order valence-corrected chi connectivity index (χ4v) is 0.572. The SMILES string of the molecule is CC(=O)[CH-]C(C)=O.CC(=O)[CH-]C(C)=O.[Zn+2]. The van der Waals surface area contributed by atoms with Gasteiger partial charge >= 0.3 is 19.5 Å². The number of ketones is 4. The molecular weight excluding hydrogens is 249 g/mol. The van der Waals surface area contributed by atoms with Gasteiger partial charge in [-0.15, -0.1) is 0 Å². The summed E-state index contributed by atoms with van der Waals surface area (Å²) in [6, 6.07) is 0. The van der Waals surface area contributed by atoms with Crippen LogP contribution in [0.4, 0.5) is 0 Å². The van der Waals surface area contributed by atoms with Crippen LogP contribution < -0.4 is 0 Å². The molecule has 0 atom stereocenters. The van der Waals surface area contributed by atoms with E-state index in [1.54, 1.807) is 0 Å². The molecule has 0 aliphatic rings. The van der Waals surface area contributed by atoms with E-state index >= 15 is 0 Å². The average Bonchev–Trinajstić information content (AvgIpc) is 1.79. The standard InChI is InChI=1S/2C5H7O2.Zn/c2*1-4(6)3-5(2)7;/h2*3H,1-2H3;/q2*-1;+2. The van der Waals surface area contributed by atoms with E-state index in [0.717, 1.165) is 12.8 Å². The van der Waals surface area contributed by atoms with Crippen LogP contribution in [0.1, 0.15) is 27.7 Å². The molecule has 0 spiro atoms. The summed E-state index contributed by atoms with van der Waals surface area (Å²) < 4.78 is 0. The van der Waals surface area contributed by atoms with E-state index in [1.807, 2.05) is 0 Å². The van der Waals surface area contributed by atoms with Crippen LogP contribution in [0.15, 0.2) is 0 Å². The Hall–Kier alpha value is -0.957. The predicted octanol–water partition coefficient (Wildman–Crippen LogP) is 0.735. The zero-order valence-electron chi connectivity index (χ0n) is 9.49. The summed E-state index contributed by atoms with van der Waals surface area (Å²) in [5, 5.41) is 0. The molecular formula is C10H14O4Zn. The molecule has 0 heterocycles. The van der Waals surface area contributed by atoms with Gasteiger partial charge in [0.25, 0.3) is 0 Å². The van der Waals surface area contributed by atoms with Crippen molar-refractivity contribution in [2.24, 2.45) is 0 Å². The normalized spacial score (nSPS) is 7.20. The zero-order valence-corrected chi connectivity index (χ0v) is 12.5. The molecule has 0 unspecified atom stereocenters. The molecule has 15 heavy (non-hydrogen) atoms. The quantitative estimate of drug-likeness (QED) is 0.426. The smallest absolute Gasteiger partial charge is 0.334 e. The zero-order chi connectivity index (χ0) is 11.7. The van der Waals surface area contributed by atoms with Crippen LogP contribution in [0, 0.1) is 12.8 Å². The summed E-state index contributed by atoms with van der Waals surface area (Å²) in [6.45, 7) is 5.39. The monoisotopic (exact) mass is 262 g/mol. The van der Waals surface area contributed by atoms with Gasteiger partial charge in [0.15, 0.2) is 0 Å². The number of hydrogen-bond donors (Lipinski definition) is 0. The van der Waals surface area contributed by atoms with Crippen molar-refractivity contribution < 1.29 is 38.7 Å². The van der Waals surface area contributed by atoms with Gasteiger partial charge < -0.3 is 19.2 Å². The molecule has 0 aliphatic carbocycles. The second-order valence-corrected chi connectivity index (χ2v) is 2.73. The number of Topliss-reactive ketones (excluding diaryl/α,β-unsaturated/α-hetero) is 4. The van der Waals surface area contributed by atoms with Crippen molar-refractivity contribution in [2.75, 3.05) is 0 Å². The molecule has 0 amide bonds. The Morgan fingerprint density at radius 2 is 0.733 bits per heavy atom. The number of carbonyl (C=O) groups excluding carboxylic acids is 4. The first-order valence-electron chi connectivity index (χ1n) is 3.97. The van der Waals surface area contributed by atoms with E-state index < -0.39 is 0 Å². The summed E-state index contributed by atoms with van der Waals surface area (Å²) in [5.41, 5.74) is 0. The minimum atomic E-state index is -0.187. The van der Waals surface area contributed by atoms with Crippen molar-refractivity contribution in [2.45, 2.75) is 27.7 Å². The largest absolute Gasteiger partial charge is 2.00 e. The van der Waals surface area contributed by atoms with Gasteiger partial charge in [-0.05, 0) is 27.7 Å². The van der Waals surface area contributed by atoms with Crippen molar-refractivity contribution in [1.29, 1.82) is 0 Å². The Morgan fingerprint density at radius 3 is 0.733 bits per heavy atom. The minimum absolute atomic E-state index is 0. The van der Waals surface area contributed by atoms with E-state index in [4.69, 9.17) is 0 Å². The minimum Gasteiger partial charge on any atom is -0.334 e. The molecule has 0 bridgehead atoms. The van der Waals surface area contributed by atoms with Crippen LogP contribution in [0.3, 0.4) is 0 Å². The number of carbonyl (C=O) groups is 4. The van der Waals surface area contributed by atoms with Gasteiger partial charge in [0.1, 0.15) is 0 Å². The van der Waals surface area contributed by atoms with Crippen LogP contribution in [0.25, 0.3) is 0 Å². The van der Waals surface area contributed by atoms with Gasteiger partial charge in [-0.3, -0.25) is 12.8 Å². The van der Waals surface area contributed by atoms with Crippen molar-refractivity contribution in [3.63, 3.8) is 0 Å². The van der Waals surface area contributed by atoms with Crippen LogP contribution in [0.2, 0.25) is 0 Å². The van der Waals surface area contributed by atoms with E-state index in [-0.39, 0.29) is 42.6 Å². The molecule has 0 aromatic heterocycles. The Kier molecular flexibility index (Phi) is 14.5. The molecule has 0 saturated carbocycles. The van der Waals surface area contributed by atoms with Gasteiger partial charge in [0, 0.05) is 23.1 Å². The Bertz CT molecular complexity index is 196. The van der Waals surface area contributed by atoms with Crippen molar-refractivity contribution >= 4 is 23.1 Å². The van der Waals surface area contributed by atoms with Gasteiger partial charge in [0.05, 0.1) is 0 Å². The third kappa shape index (κ3) is 32.1. The van der Waals surface area contributed by atoms with Crippen LogP contribution in [0.5, 0.6) is 0 Å². The van der Waals surface area contributed by atoms with E-state index in [2.05, 4.69) is 0 Å². The second kappa shape index (κ2) is 11.1. The molecule has 0 radical (unpaired) electrons. The Morgan fingerprint density at radius 1 is 0.600 bits per heavy atom. The first kappa shape index (κ1) is 19.6. The Balaban J connectivity index is -0.000000180. The molecule has 0 aromatic carbocycles. The molecule has 0 aliphatic heterocycles. The second-order valence-electron chi connectivity index (χ2n) is 2.73. The van der Waals surface area contributed by atoms with Crippen LogP contribution in [-0.4, -0.2) is 23.1 Å². The van der Waals surface area contributed by atoms with Crippen LogP contribution in [-0.2, 0) is 38.7 Å². The molecule has 0 saturated heterocycles. The molecule has 0 rings (SSSR count). The summed E-state index contributed by atoms with van der Waals surface area (Å²) >= 11 is 0. The fourth-order valence-electron chi connectivity index (χ4n) is 0.572. The molecule has 0 aromatic rings. The third-order valence-corrected chi connectivity index (χ3v) is 0.813. The average molecular weight is 264 g/mol. The molecule has 0 fully saturated rings. The maximum absolute atomic E-state index is 9.98. The molecule has 80 valence electrons. The summed E-state index contributed by atoms with van der Waals surface area (Å²) in [4.78, 5) is 39.9. The number of rotatable bonds is 4. The first-order chi connectivity index (χ1) is 6.25. The topological polar surface area (TPSA) is 68.3 Å². The summed E-state index contributed by atoms with van der Waals surface area (Å²) in [7, 11) is 0. The fraction of sp³-hybridized carbons (Fsp3) is 0.400. The van der Waals surface area contributed by atoms with Crippen molar-refractivity contribution in [3.8, 4) is 0 Å². The van der Waals surface area contributed by atoms with E-state index in [0.29, 0.717) is 0 Å². The van der Waals surface area contributed by atoms with Crippen molar-refractivity contribution in [1.82, 2.24) is 0 Å². The van der Waals surface area contributed by atoms with Gasteiger partial charge in [-0.2, -0.15) is 0 Å². The summed E-state index contributed by atoms with van der Waals surface area (Å²) in [5.74, 6) is -0.750. The van der Waals surface area contributed by atoms with E-state index in [9.17, 15) is 19.2 Å². The Labute approximate surface area is 103 Å². The van der Waals surface area contributed by atoms with Gasteiger partial charge in [-0.1, -0.05) is 0 Å². The molecule has 0 N–H and O–H groups in total. The number of hydrogen-bond acceptors (Lipinski definition) is 4. The van der Waals surface area contributed by atoms with E-state index in [1.165, 1.54) is 27.7 Å². The third-order valence-electron chi connectivity index (χ3n) is 0.813. The maximum atomic E-state index is 9.98. The van der Waals surface area contributed by atoms with Gasteiger partial charge in [-0.25, -0.2) is 0 Å². The van der Waals surface area contributed by atoms with Crippen molar-refractivity contribution in [3.05, 3.63) is 12.8 Å². The molecule has 4 nitrogen and oxygen atoms in total. The van der Waals surface area contributed by atoms with Gasteiger partial charge in [0.2, 0.25) is 0 Å². The van der Waals surface area contributed by atoms with Crippen LogP contribution >= 0.6 is 0 Å². The predicted molar refractivity (Wildman–Crippen MR) is 51.3 cm³/mol. The molecule has 5 heteroatoms. The first-order valence-corrected chi connectivity index (χ1v) is 3.97. The summed E-state index contributed by atoms with van der Waals surface area (Å²) in [6.07, 6.45) is 2.11. The maximum Gasteiger partial charge on any atom is 2.00 e.